The normalized spacial score (nSPS) is 29.3. The van der Waals surface area contributed by atoms with Gasteiger partial charge in [0.1, 0.15) is 0 Å². The van der Waals surface area contributed by atoms with Crippen molar-refractivity contribution in [3.63, 3.8) is 0 Å². The minimum absolute atomic E-state index is 0.00536. The first kappa shape index (κ1) is 22.1. The molecule has 0 aromatic heterocycles. The van der Waals surface area contributed by atoms with Gasteiger partial charge in [-0.3, -0.25) is 9.59 Å². The van der Waals surface area contributed by atoms with Crippen LogP contribution < -0.4 is 5.32 Å². The Kier molecular flexibility index (Phi) is 6.59. The average Bonchev–Trinajstić information content (AvgIpc) is 2.70. The highest BCUT2D eigenvalue weighted by Crippen LogP contribution is 2.46. The number of nitrogens with one attached hydrogen (secondary N) is 1. The third-order valence-corrected chi connectivity index (χ3v) is 7.09. The van der Waals surface area contributed by atoms with Crippen LogP contribution in [0.1, 0.15) is 64.9 Å². The summed E-state index contributed by atoms with van der Waals surface area (Å²) in [4.78, 5) is 27.2. The number of hydrogen-bond donors (Lipinski definition) is 2. The average molecular weight is 421 g/mol. The van der Waals surface area contributed by atoms with E-state index in [1.807, 2.05) is 37.8 Å². The third-order valence-electron chi connectivity index (χ3n) is 6.83. The van der Waals surface area contributed by atoms with E-state index in [0.29, 0.717) is 31.0 Å². The lowest BCUT2D eigenvalue weighted by Crippen LogP contribution is -2.59. The first-order chi connectivity index (χ1) is 13.7. The number of rotatable bonds is 4. The van der Waals surface area contributed by atoms with E-state index in [9.17, 15) is 14.7 Å². The van der Waals surface area contributed by atoms with Gasteiger partial charge in [-0.2, -0.15) is 0 Å². The second-order valence-corrected chi connectivity index (χ2v) is 9.62. The highest BCUT2D eigenvalue weighted by Gasteiger charge is 2.50. The zero-order valence-electron chi connectivity index (χ0n) is 17.7. The monoisotopic (exact) mass is 420 g/mol. The van der Waals surface area contributed by atoms with Gasteiger partial charge in [-0.15, -0.1) is 0 Å². The molecule has 1 aliphatic carbocycles. The van der Waals surface area contributed by atoms with Gasteiger partial charge in [0.15, 0.2) is 0 Å². The molecule has 6 heteroatoms. The van der Waals surface area contributed by atoms with Crippen LogP contribution >= 0.6 is 11.6 Å². The fourth-order valence-corrected chi connectivity index (χ4v) is 5.04. The van der Waals surface area contributed by atoms with E-state index in [4.69, 9.17) is 11.6 Å². The summed E-state index contributed by atoms with van der Waals surface area (Å²) in [6.45, 7) is 6.85. The minimum Gasteiger partial charge on any atom is -0.384 e. The molecule has 0 radical (unpaired) electrons. The highest BCUT2D eigenvalue weighted by molar-refractivity contribution is 6.30. The second kappa shape index (κ2) is 8.65. The molecule has 1 unspecified atom stereocenters. The Labute approximate surface area is 178 Å². The maximum absolute atomic E-state index is 13.4. The van der Waals surface area contributed by atoms with Gasteiger partial charge in [0.2, 0.25) is 11.8 Å². The molecule has 5 nitrogen and oxygen atoms in total. The molecule has 2 amide bonds. The largest absolute Gasteiger partial charge is 0.384 e. The summed E-state index contributed by atoms with van der Waals surface area (Å²) in [6, 6.07) is 7.26. The molecule has 1 saturated carbocycles. The summed E-state index contributed by atoms with van der Waals surface area (Å²) in [5, 5.41) is 15.2. The lowest BCUT2D eigenvalue weighted by Gasteiger charge is -2.51. The molecule has 1 aliphatic heterocycles. The minimum atomic E-state index is -1.02. The van der Waals surface area contributed by atoms with E-state index < -0.39 is 11.0 Å². The van der Waals surface area contributed by atoms with Crippen molar-refractivity contribution in [1.82, 2.24) is 10.2 Å². The van der Waals surface area contributed by atoms with Crippen molar-refractivity contribution in [3.8, 4) is 0 Å². The molecule has 1 aromatic carbocycles. The number of carbonyl (C=O) groups is 2. The summed E-state index contributed by atoms with van der Waals surface area (Å²) in [7, 11) is 0. The SMILES string of the molecule is CCC(=O)N[C@@H]1CCCC[C@@H]1C(=O)N1CCC(O)(c2ccc(Cl)cc2)C(C)(C)C1. The molecule has 3 rings (SSSR count). The van der Waals surface area contributed by atoms with Gasteiger partial charge in [-0.25, -0.2) is 0 Å². The molecule has 0 spiro atoms. The Morgan fingerprint density at radius 2 is 1.86 bits per heavy atom. The van der Waals surface area contributed by atoms with E-state index >= 15 is 0 Å². The molecule has 2 N–H and O–H groups in total. The van der Waals surface area contributed by atoms with Crippen LogP contribution in [0.15, 0.2) is 24.3 Å². The fraction of sp³-hybridized carbons (Fsp3) is 0.652. The quantitative estimate of drug-likeness (QED) is 0.776. The first-order valence-electron chi connectivity index (χ1n) is 10.7. The lowest BCUT2D eigenvalue weighted by atomic mass is 9.66. The summed E-state index contributed by atoms with van der Waals surface area (Å²) < 4.78 is 0. The molecule has 1 saturated heterocycles. The fourth-order valence-electron chi connectivity index (χ4n) is 4.91. The van der Waals surface area contributed by atoms with Gasteiger partial charge in [0.05, 0.1) is 11.5 Å². The molecular formula is C23H33ClN2O3. The van der Waals surface area contributed by atoms with Crippen LogP contribution in [0.4, 0.5) is 0 Å². The van der Waals surface area contributed by atoms with Crippen LogP contribution in [0, 0.1) is 11.3 Å². The summed E-state index contributed by atoms with van der Waals surface area (Å²) in [6.07, 6.45) is 4.63. The number of nitrogens with zero attached hydrogens (tertiary/aromatic N) is 1. The van der Waals surface area contributed by atoms with Gasteiger partial charge in [-0.05, 0) is 37.0 Å². The molecule has 29 heavy (non-hydrogen) atoms. The maximum Gasteiger partial charge on any atom is 0.227 e. The topological polar surface area (TPSA) is 69.6 Å². The molecular weight excluding hydrogens is 388 g/mol. The lowest BCUT2D eigenvalue weighted by molar-refractivity contribution is -0.158. The second-order valence-electron chi connectivity index (χ2n) is 9.18. The van der Waals surface area contributed by atoms with Gasteiger partial charge in [0.25, 0.3) is 0 Å². The molecule has 1 aromatic rings. The predicted octanol–water partition coefficient (Wildman–Crippen LogP) is 3.87. The molecule has 2 fully saturated rings. The molecule has 3 atom stereocenters. The van der Waals surface area contributed by atoms with E-state index in [1.165, 1.54) is 0 Å². The number of piperidine rings is 1. The predicted molar refractivity (Wildman–Crippen MR) is 115 cm³/mol. The highest BCUT2D eigenvalue weighted by atomic mass is 35.5. The van der Waals surface area contributed by atoms with Crippen molar-refractivity contribution in [2.24, 2.45) is 11.3 Å². The van der Waals surface area contributed by atoms with Crippen LogP contribution in [0.5, 0.6) is 0 Å². The Morgan fingerprint density at radius 3 is 2.48 bits per heavy atom. The van der Waals surface area contributed by atoms with Gasteiger partial charge >= 0.3 is 0 Å². The number of hydrogen-bond acceptors (Lipinski definition) is 3. The number of aliphatic hydroxyl groups is 1. The van der Waals surface area contributed by atoms with Gasteiger partial charge in [0, 0.05) is 36.0 Å². The molecule has 1 heterocycles. The maximum atomic E-state index is 13.4. The smallest absolute Gasteiger partial charge is 0.227 e. The number of halogens is 1. The summed E-state index contributed by atoms with van der Waals surface area (Å²) in [5.74, 6) is -0.0557. The van der Waals surface area contributed by atoms with Crippen LogP contribution in [0.3, 0.4) is 0 Å². The van der Waals surface area contributed by atoms with Crippen molar-refractivity contribution >= 4 is 23.4 Å². The van der Waals surface area contributed by atoms with E-state index in [1.54, 1.807) is 12.1 Å². The van der Waals surface area contributed by atoms with Crippen molar-refractivity contribution < 1.29 is 14.7 Å². The van der Waals surface area contributed by atoms with Crippen LogP contribution in [0.2, 0.25) is 5.02 Å². The van der Waals surface area contributed by atoms with Crippen molar-refractivity contribution in [1.29, 1.82) is 0 Å². The number of amides is 2. The van der Waals surface area contributed by atoms with Crippen molar-refractivity contribution in [3.05, 3.63) is 34.9 Å². The molecule has 0 bridgehead atoms. The zero-order chi connectivity index (χ0) is 21.2. The number of likely N-dealkylation sites (tertiary alicyclic amines) is 1. The molecule has 2 aliphatic rings. The third kappa shape index (κ3) is 4.46. The van der Waals surface area contributed by atoms with Crippen LogP contribution in [0.25, 0.3) is 0 Å². The number of carbonyl (C=O) groups excluding carboxylic acids is 2. The van der Waals surface area contributed by atoms with Crippen LogP contribution in [-0.2, 0) is 15.2 Å². The Morgan fingerprint density at radius 1 is 1.21 bits per heavy atom. The van der Waals surface area contributed by atoms with E-state index in [2.05, 4.69) is 5.32 Å². The Bertz CT molecular complexity index is 749. The Hall–Kier alpha value is -1.59. The van der Waals surface area contributed by atoms with E-state index in [0.717, 1.165) is 31.2 Å². The summed E-state index contributed by atoms with van der Waals surface area (Å²) in [5.41, 5.74) is -0.688. The number of benzene rings is 1. The van der Waals surface area contributed by atoms with Gasteiger partial charge < -0.3 is 15.3 Å². The summed E-state index contributed by atoms with van der Waals surface area (Å²) >= 11 is 6.01. The van der Waals surface area contributed by atoms with Crippen LogP contribution in [-0.4, -0.2) is 41.0 Å². The van der Waals surface area contributed by atoms with Crippen molar-refractivity contribution in [2.75, 3.05) is 13.1 Å². The first-order valence-corrected chi connectivity index (χ1v) is 11.1. The Balaban J connectivity index is 1.75. The standard InChI is InChI=1S/C23H33ClN2O3/c1-4-20(27)25-19-8-6-5-7-18(19)21(28)26-14-13-23(29,22(2,3)15-26)16-9-11-17(24)12-10-16/h9-12,18-19,29H,4-8,13-15H2,1-3H3,(H,25,27)/t18-,19+,23?/m0/s1. The van der Waals surface area contributed by atoms with E-state index in [-0.39, 0.29) is 23.8 Å². The molecule has 160 valence electrons. The van der Waals surface area contributed by atoms with Gasteiger partial charge in [-0.1, -0.05) is 57.3 Å². The zero-order valence-corrected chi connectivity index (χ0v) is 18.5. The van der Waals surface area contributed by atoms with Crippen molar-refractivity contribution in [2.45, 2.75) is 70.9 Å².